The van der Waals surface area contributed by atoms with Crippen molar-refractivity contribution in [3.8, 4) is 34.6 Å². The van der Waals surface area contributed by atoms with Crippen molar-refractivity contribution in [2.75, 3.05) is 37.7 Å². The predicted octanol–water partition coefficient (Wildman–Crippen LogP) is 8.40. The molecule has 336 valence electrons. The number of halogens is 5. The first-order chi connectivity index (χ1) is 31.1. The van der Waals surface area contributed by atoms with Gasteiger partial charge < -0.3 is 39.2 Å². The van der Waals surface area contributed by atoms with Gasteiger partial charge in [-0.05, 0) is 79.8 Å². The summed E-state index contributed by atoms with van der Waals surface area (Å²) in [6.45, 7) is 3.02. The Morgan fingerprint density at radius 1 is 1.09 bits per heavy atom. The number of alkyl halides is 3. The Hall–Kier alpha value is -7.26. The molecule has 0 radical (unpaired) electrons. The van der Waals surface area contributed by atoms with E-state index in [2.05, 4.69) is 31.7 Å². The van der Waals surface area contributed by atoms with Crippen molar-refractivity contribution in [1.82, 2.24) is 20.2 Å². The molecule has 1 amide bonds. The highest BCUT2D eigenvalue weighted by Crippen LogP contribution is 2.47. The number of aryl methyl sites for hydroxylation is 1. The van der Waals surface area contributed by atoms with Crippen LogP contribution in [0.2, 0.25) is 5.02 Å². The van der Waals surface area contributed by atoms with Gasteiger partial charge in [0.25, 0.3) is 0 Å². The number of rotatable bonds is 14. The quantitative estimate of drug-likeness (QED) is 0.0913. The number of amides is 1. The van der Waals surface area contributed by atoms with Gasteiger partial charge in [0.05, 0.1) is 70.4 Å². The van der Waals surface area contributed by atoms with Crippen LogP contribution in [0, 0.1) is 29.5 Å². The molecule has 1 aliphatic carbocycles. The molecule has 1 unspecified atom stereocenters. The molecule has 5 aromatic rings. The fourth-order valence-corrected chi connectivity index (χ4v) is 8.07. The molecule has 0 spiro atoms. The lowest BCUT2D eigenvalue weighted by atomic mass is 9.98. The summed E-state index contributed by atoms with van der Waals surface area (Å²) in [7, 11) is 3.07. The zero-order valence-corrected chi connectivity index (χ0v) is 36.1. The highest BCUT2D eigenvalue weighted by Gasteiger charge is 2.45. The van der Waals surface area contributed by atoms with Gasteiger partial charge in [-0.15, -0.1) is 0 Å². The summed E-state index contributed by atoms with van der Waals surface area (Å²) in [6, 6.07) is 20.3. The second-order valence-electron chi connectivity index (χ2n) is 15.7. The number of pyridine rings is 2. The van der Waals surface area contributed by atoms with Crippen molar-refractivity contribution in [2.24, 2.45) is 10.4 Å². The molecule has 0 saturated heterocycles. The van der Waals surface area contributed by atoms with E-state index < -0.39 is 57.1 Å². The molecule has 2 aliphatic heterocycles. The molecule has 14 nitrogen and oxygen atoms in total. The maximum absolute atomic E-state index is 17.9. The highest BCUT2D eigenvalue weighted by molar-refractivity contribution is 6.33. The van der Waals surface area contributed by atoms with Gasteiger partial charge in [-0.1, -0.05) is 41.9 Å². The monoisotopic (exact) mass is 912 g/mol. The maximum atomic E-state index is 17.9. The Morgan fingerprint density at radius 3 is 2.31 bits per heavy atom. The Kier molecular flexibility index (Phi) is 12.1. The van der Waals surface area contributed by atoms with E-state index in [0.717, 1.165) is 11.1 Å². The SMILES string of the molecule is COc1ccc(CN(Cc2ccc(OC)cc2)c2cc(C)c(C(F)(F)F)c(-c3c(F)c4c5c(c3Cl)=NCNC=5N(C(C)c3cccnc3NC(=O)O)C=C(OCC3(C#N)CC3)O4)n2)cc1. The minimum absolute atomic E-state index is 0.00471. The molecule has 2 aromatic heterocycles. The molecule has 8 rings (SSSR count). The largest absolute Gasteiger partial charge is 0.497 e. The number of carboxylic acid groups (broad SMARTS) is 1. The van der Waals surface area contributed by atoms with Gasteiger partial charge in [0.1, 0.15) is 42.2 Å². The number of anilines is 2. The lowest BCUT2D eigenvalue weighted by Gasteiger charge is -2.31. The number of nitriles is 1. The summed E-state index contributed by atoms with van der Waals surface area (Å²) in [5.41, 5.74) is -1.88. The number of hydrogen-bond acceptors (Lipinski definition) is 12. The lowest BCUT2D eigenvalue weighted by Crippen LogP contribution is -2.45. The first kappa shape index (κ1) is 44.4. The summed E-state index contributed by atoms with van der Waals surface area (Å²) in [4.78, 5) is 28.5. The van der Waals surface area contributed by atoms with Gasteiger partial charge in [0, 0.05) is 24.8 Å². The minimum Gasteiger partial charge on any atom is -0.497 e. The molecule has 3 aromatic carbocycles. The first-order valence-corrected chi connectivity index (χ1v) is 20.6. The van der Waals surface area contributed by atoms with E-state index in [1.165, 1.54) is 39.6 Å². The van der Waals surface area contributed by atoms with Gasteiger partial charge in [-0.3, -0.25) is 10.3 Å². The Bertz CT molecular complexity index is 2820. The standard InChI is InChI=1S/C46H41ClF4N8O6/c1-25-18-32(58(19-27-7-11-29(62-3)12-8-27)20-28-9-13-30(63-4)14-10-28)56-39(36(25)46(49,50)51)34-37(47)40-35-41(38(34)48)65-33(64-23-45(22-52)15-16-45)21-59(43(35)55-24-54-40)26(2)31-6-5-17-53-42(31)57-44(60)61/h5-14,17-18,21,26,55H,15-16,19-20,23-24H2,1-4H3,(H,53,57)(H,60,61). The van der Waals surface area contributed by atoms with Gasteiger partial charge in [-0.2, -0.15) is 18.4 Å². The zero-order chi connectivity index (χ0) is 46.2. The van der Waals surface area contributed by atoms with E-state index in [9.17, 15) is 15.2 Å². The molecule has 1 fully saturated rings. The Balaban J connectivity index is 1.33. The smallest absolute Gasteiger partial charge is 0.418 e. The number of methoxy groups -OCH3 is 2. The summed E-state index contributed by atoms with van der Waals surface area (Å²) in [6.07, 6.45) is -2.53. The highest BCUT2D eigenvalue weighted by atomic mass is 35.5. The third-order valence-electron chi connectivity index (χ3n) is 11.4. The number of benzene rings is 3. The van der Waals surface area contributed by atoms with Gasteiger partial charge in [-0.25, -0.2) is 19.2 Å². The van der Waals surface area contributed by atoms with E-state index >= 15 is 17.6 Å². The zero-order valence-electron chi connectivity index (χ0n) is 35.4. The van der Waals surface area contributed by atoms with Crippen LogP contribution < -0.4 is 40.3 Å². The van der Waals surface area contributed by atoms with Crippen molar-refractivity contribution in [2.45, 2.75) is 52.0 Å². The number of nitrogens with zero attached hydrogens (tertiary/aromatic N) is 6. The molecule has 19 heteroatoms. The van der Waals surface area contributed by atoms with Crippen LogP contribution in [0.1, 0.15) is 53.6 Å². The fraction of sp³-hybridized carbons (Fsp3) is 0.283. The summed E-state index contributed by atoms with van der Waals surface area (Å²) in [5, 5.41) is 24.2. The van der Waals surface area contributed by atoms with Gasteiger partial charge in [0.2, 0.25) is 0 Å². The Labute approximate surface area is 375 Å². The van der Waals surface area contributed by atoms with Crippen LogP contribution in [0.15, 0.2) is 90.1 Å². The van der Waals surface area contributed by atoms with E-state index in [0.29, 0.717) is 29.9 Å². The number of carbonyl (C=O) groups is 1. The second kappa shape index (κ2) is 17.7. The van der Waals surface area contributed by atoms with Crippen LogP contribution in [-0.2, 0) is 24.0 Å². The van der Waals surface area contributed by atoms with E-state index in [-0.39, 0.29) is 65.9 Å². The third-order valence-corrected chi connectivity index (χ3v) is 11.7. The van der Waals surface area contributed by atoms with Crippen LogP contribution in [-0.4, -0.2) is 53.6 Å². The number of aromatic nitrogens is 2. The van der Waals surface area contributed by atoms with Crippen molar-refractivity contribution in [3.05, 3.63) is 134 Å². The third kappa shape index (κ3) is 8.96. The number of ether oxygens (including phenoxy) is 4. The normalized spacial score (nSPS) is 15.1. The van der Waals surface area contributed by atoms with Crippen molar-refractivity contribution in [1.29, 1.82) is 5.26 Å². The predicted molar refractivity (Wildman–Crippen MR) is 231 cm³/mol. The van der Waals surface area contributed by atoms with Crippen LogP contribution in [0.4, 0.5) is 34.0 Å². The molecule has 3 aliphatic rings. The average Bonchev–Trinajstić information content (AvgIpc) is 4.10. The number of hydrogen-bond donors (Lipinski definition) is 3. The van der Waals surface area contributed by atoms with Crippen molar-refractivity contribution in [3.63, 3.8) is 0 Å². The molecule has 65 heavy (non-hydrogen) atoms. The fourth-order valence-electron chi connectivity index (χ4n) is 7.74. The topological polar surface area (TPSA) is 167 Å². The van der Waals surface area contributed by atoms with Crippen LogP contribution >= 0.6 is 11.6 Å². The average molecular weight is 913 g/mol. The first-order valence-electron chi connectivity index (χ1n) is 20.2. The van der Waals surface area contributed by atoms with E-state index in [1.54, 1.807) is 53.1 Å². The van der Waals surface area contributed by atoms with Crippen LogP contribution in [0.5, 0.6) is 17.2 Å². The summed E-state index contributed by atoms with van der Waals surface area (Å²) >= 11 is 7.11. The second-order valence-corrected chi connectivity index (χ2v) is 16.0. The molecule has 4 heterocycles. The van der Waals surface area contributed by atoms with Crippen LogP contribution in [0.25, 0.3) is 17.1 Å². The lowest BCUT2D eigenvalue weighted by molar-refractivity contribution is -0.137. The van der Waals surface area contributed by atoms with Gasteiger partial charge in [0.15, 0.2) is 11.6 Å². The molecule has 3 N–H and O–H groups in total. The van der Waals surface area contributed by atoms with Crippen molar-refractivity contribution >= 4 is 35.2 Å². The molecule has 1 saturated carbocycles. The molecule has 0 bridgehead atoms. The minimum atomic E-state index is -5.04. The van der Waals surface area contributed by atoms with Crippen molar-refractivity contribution < 1.29 is 46.4 Å². The van der Waals surface area contributed by atoms with Gasteiger partial charge >= 0.3 is 18.2 Å². The maximum Gasteiger partial charge on any atom is 0.418 e. The van der Waals surface area contributed by atoms with E-state index in [4.69, 9.17) is 30.5 Å². The number of nitrogens with one attached hydrogen (secondary N) is 2. The summed E-state index contributed by atoms with van der Waals surface area (Å²) < 4.78 is 87.0. The molecule has 1 atom stereocenters. The van der Waals surface area contributed by atoms with Crippen LogP contribution in [0.3, 0.4) is 0 Å². The van der Waals surface area contributed by atoms with E-state index in [1.807, 2.05) is 24.3 Å². The molecular formula is C46H41ClF4N8O6. The summed E-state index contributed by atoms with van der Waals surface area (Å²) in [5.74, 6) is -0.716. The molecular weight excluding hydrogens is 872 g/mol. The Morgan fingerprint density at radius 2 is 1.74 bits per heavy atom.